The second-order valence-corrected chi connectivity index (χ2v) is 4.26. The van der Waals surface area contributed by atoms with Crippen molar-refractivity contribution in [1.82, 2.24) is 0 Å². The molecule has 0 amide bonds. The zero-order valence-corrected chi connectivity index (χ0v) is 8.99. The van der Waals surface area contributed by atoms with Crippen LogP contribution in [-0.2, 0) is 10.5 Å². The Hall–Kier alpha value is -0.810. The first kappa shape index (κ1) is 12.3. The van der Waals surface area contributed by atoms with Gasteiger partial charge in [-0.15, -0.1) is 0 Å². The molecule has 1 aromatic carbocycles. The highest BCUT2D eigenvalue weighted by Crippen LogP contribution is 2.32. The Morgan fingerprint density at radius 3 is 2.40 bits per heavy atom. The number of rotatable bonds is 4. The van der Waals surface area contributed by atoms with Gasteiger partial charge in [0.2, 0.25) is 0 Å². The number of halogens is 3. The van der Waals surface area contributed by atoms with E-state index in [4.69, 9.17) is 16.7 Å². The number of carbonyl (C=O) groups is 1. The Morgan fingerprint density at radius 1 is 1.40 bits per heavy atom. The van der Waals surface area contributed by atoms with Crippen molar-refractivity contribution in [2.45, 2.75) is 11.0 Å². The highest BCUT2D eigenvalue weighted by atomic mass is 35.5. The first-order valence-corrected chi connectivity index (χ1v) is 5.28. The van der Waals surface area contributed by atoms with Crippen LogP contribution >= 0.6 is 23.4 Å². The van der Waals surface area contributed by atoms with Crippen molar-refractivity contribution in [3.63, 3.8) is 0 Å². The van der Waals surface area contributed by atoms with E-state index >= 15 is 0 Å². The molecule has 1 rings (SSSR count). The lowest BCUT2D eigenvalue weighted by atomic mass is 10.2. The standard InChI is InChI=1S/C9H7ClF2O2S/c10-7-3-1-6(2-4-7)5-15-9(11,12)8(13)14/h1-4H,5H2,(H,13,14). The maximum Gasteiger partial charge on any atom is 0.389 e. The van der Waals surface area contributed by atoms with Crippen molar-refractivity contribution >= 4 is 29.3 Å². The highest BCUT2D eigenvalue weighted by molar-refractivity contribution is 8.00. The molecule has 0 saturated heterocycles. The fourth-order valence-electron chi connectivity index (χ4n) is 0.816. The van der Waals surface area contributed by atoms with Crippen LogP contribution in [0.3, 0.4) is 0 Å². The van der Waals surface area contributed by atoms with Crippen LogP contribution in [0.25, 0.3) is 0 Å². The summed E-state index contributed by atoms with van der Waals surface area (Å²) in [6.45, 7) is 0. The van der Waals surface area contributed by atoms with E-state index in [0.717, 1.165) is 0 Å². The molecule has 0 fully saturated rings. The number of benzene rings is 1. The second kappa shape index (κ2) is 4.81. The van der Waals surface area contributed by atoms with Crippen molar-refractivity contribution in [3.8, 4) is 0 Å². The number of hydrogen-bond donors (Lipinski definition) is 1. The minimum Gasteiger partial charge on any atom is -0.476 e. The van der Waals surface area contributed by atoms with E-state index in [1.54, 1.807) is 24.3 Å². The van der Waals surface area contributed by atoms with E-state index in [1.165, 1.54) is 0 Å². The fraction of sp³-hybridized carbons (Fsp3) is 0.222. The maximum absolute atomic E-state index is 12.6. The van der Waals surface area contributed by atoms with Crippen LogP contribution in [0.5, 0.6) is 0 Å². The molecule has 0 aromatic heterocycles. The molecule has 15 heavy (non-hydrogen) atoms. The van der Waals surface area contributed by atoms with E-state index < -0.39 is 11.2 Å². The summed E-state index contributed by atoms with van der Waals surface area (Å²) in [4.78, 5) is 10.1. The SMILES string of the molecule is O=C(O)C(F)(F)SCc1ccc(Cl)cc1. The largest absolute Gasteiger partial charge is 0.476 e. The van der Waals surface area contributed by atoms with Gasteiger partial charge in [-0.1, -0.05) is 35.5 Å². The number of thioether (sulfide) groups is 1. The van der Waals surface area contributed by atoms with Gasteiger partial charge in [0.05, 0.1) is 0 Å². The zero-order chi connectivity index (χ0) is 11.5. The van der Waals surface area contributed by atoms with Gasteiger partial charge >= 0.3 is 11.2 Å². The third kappa shape index (κ3) is 3.68. The number of carboxylic acids is 1. The van der Waals surface area contributed by atoms with E-state index in [0.29, 0.717) is 10.6 Å². The van der Waals surface area contributed by atoms with Crippen LogP contribution in [0.15, 0.2) is 24.3 Å². The Labute approximate surface area is 94.2 Å². The lowest BCUT2D eigenvalue weighted by Gasteiger charge is -2.09. The van der Waals surface area contributed by atoms with Crippen LogP contribution in [0.4, 0.5) is 8.78 Å². The summed E-state index contributed by atoms with van der Waals surface area (Å²) >= 11 is 5.67. The predicted molar refractivity (Wildman–Crippen MR) is 55.3 cm³/mol. The smallest absolute Gasteiger partial charge is 0.389 e. The Bertz CT molecular complexity index is 354. The first-order chi connectivity index (χ1) is 6.92. The van der Waals surface area contributed by atoms with Gasteiger partial charge in [-0.2, -0.15) is 8.78 Å². The van der Waals surface area contributed by atoms with Gasteiger partial charge in [0, 0.05) is 10.8 Å². The van der Waals surface area contributed by atoms with Crippen LogP contribution in [0, 0.1) is 0 Å². The fourth-order valence-corrected chi connectivity index (χ4v) is 1.61. The third-order valence-corrected chi connectivity index (χ3v) is 2.85. The zero-order valence-electron chi connectivity index (χ0n) is 7.41. The summed E-state index contributed by atoms with van der Waals surface area (Å²) in [5.74, 6) is -2.20. The Morgan fingerprint density at radius 2 is 1.93 bits per heavy atom. The summed E-state index contributed by atoms with van der Waals surface area (Å²) in [5.41, 5.74) is 0.602. The Balaban J connectivity index is 2.57. The summed E-state index contributed by atoms with van der Waals surface area (Å²) in [6, 6.07) is 6.28. The van der Waals surface area contributed by atoms with Crippen LogP contribution in [0.2, 0.25) is 5.02 Å². The molecule has 0 saturated carbocycles. The third-order valence-electron chi connectivity index (χ3n) is 1.58. The molecule has 0 aliphatic carbocycles. The molecular formula is C9H7ClF2O2S. The molecule has 1 aromatic rings. The molecule has 1 N–H and O–H groups in total. The summed E-state index contributed by atoms with van der Waals surface area (Å²) in [6.07, 6.45) is 0. The second-order valence-electron chi connectivity index (χ2n) is 2.74. The quantitative estimate of drug-likeness (QED) is 0.894. The van der Waals surface area contributed by atoms with Gasteiger partial charge in [0.15, 0.2) is 0 Å². The summed E-state index contributed by atoms with van der Waals surface area (Å²) in [5, 5.41) is 4.93. The normalized spacial score (nSPS) is 11.4. The molecule has 0 aliphatic rings. The molecule has 0 bridgehead atoms. The number of carboxylic acid groups (broad SMARTS) is 1. The van der Waals surface area contributed by atoms with Gasteiger partial charge in [-0.3, -0.25) is 0 Å². The minimum atomic E-state index is -3.75. The molecule has 0 aliphatic heterocycles. The molecule has 2 nitrogen and oxygen atoms in total. The highest BCUT2D eigenvalue weighted by Gasteiger charge is 2.39. The molecule has 0 heterocycles. The maximum atomic E-state index is 12.6. The first-order valence-electron chi connectivity index (χ1n) is 3.91. The van der Waals surface area contributed by atoms with Crippen molar-refractivity contribution in [2.75, 3.05) is 0 Å². The molecular weight excluding hydrogens is 246 g/mol. The van der Waals surface area contributed by atoms with Crippen molar-refractivity contribution in [3.05, 3.63) is 34.9 Å². The van der Waals surface area contributed by atoms with E-state index in [9.17, 15) is 13.6 Å². The minimum absolute atomic E-state index is 0.0698. The molecule has 0 atom stereocenters. The van der Waals surface area contributed by atoms with Crippen LogP contribution in [0.1, 0.15) is 5.56 Å². The average Bonchev–Trinajstić information content (AvgIpc) is 2.17. The summed E-state index contributed by atoms with van der Waals surface area (Å²) in [7, 11) is 0. The van der Waals surface area contributed by atoms with Gasteiger partial charge in [0.25, 0.3) is 0 Å². The van der Waals surface area contributed by atoms with Crippen LogP contribution in [-0.4, -0.2) is 16.3 Å². The monoisotopic (exact) mass is 252 g/mol. The average molecular weight is 253 g/mol. The van der Waals surface area contributed by atoms with Gasteiger partial charge in [-0.05, 0) is 17.7 Å². The van der Waals surface area contributed by atoms with Gasteiger partial charge in [-0.25, -0.2) is 4.79 Å². The predicted octanol–water partition coefficient (Wildman–Crippen LogP) is 3.25. The van der Waals surface area contributed by atoms with E-state index in [2.05, 4.69) is 0 Å². The van der Waals surface area contributed by atoms with Gasteiger partial charge in [0.1, 0.15) is 0 Å². The van der Waals surface area contributed by atoms with Crippen LogP contribution < -0.4 is 0 Å². The number of hydrogen-bond acceptors (Lipinski definition) is 2. The molecule has 0 unspecified atom stereocenters. The number of aliphatic carboxylic acids is 1. The topological polar surface area (TPSA) is 37.3 Å². The van der Waals surface area contributed by atoms with Crippen molar-refractivity contribution in [2.24, 2.45) is 0 Å². The van der Waals surface area contributed by atoms with Crippen molar-refractivity contribution < 1.29 is 18.7 Å². The lowest BCUT2D eigenvalue weighted by molar-refractivity contribution is -0.152. The molecule has 6 heteroatoms. The number of alkyl halides is 2. The lowest BCUT2D eigenvalue weighted by Crippen LogP contribution is -2.23. The van der Waals surface area contributed by atoms with Gasteiger partial charge < -0.3 is 5.11 Å². The summed E-state index contributed by atoms with van der Waals surface area (Å²) < 4.78 is 25.3. The van der Waals surface area contributed by atoms with Crippen molar-refractivity contribution in [1.29, 1.82) is 0 Å². The van der Waals surface area contributed by atoms with E-state index in [-0.39, 0.29) is 17.5 Å². The Kier molecular flexibility index (Phi) is 3.93. The molecule has 82 valence electrons. The molecule has 0 radical (unpaired) electrons. The molecule has 0 spiro atoms. The van der Waals surface area contributed by atoms with E-state index in [1.807, 2.05) is 0 Å².